The molecule has 1 aliphatic heterocycles. The number of furan rings is 1. The van der Waals surface area contributed by atoms with Gasteiger partial charge >= 0.3 is 5.63 Å². The van der Waals surface area contributed by atoms with Crippen molar-refractivity contribution in [2.24, 2.45) is 0 Å². The lowest BCUT2D eigenvalue weighted by atomic mass is 9.95. The highest BCUT2D eigenvalue weighted by Crippen LogP contribution is 2.23. The van der Waals surface area contributed by atoms with Gasteiger partial charge in [0.15, 0.2) is 0 Å². The van der Waals surface area contributed by atoms with Crippen molar-refractivity contribution in [2.45, 2.75) is 32.1 Å². The molecule has 0 aromatic carbocycles. The summed E-state index contributed by atoms with van der Waals surface area (Å²) in [4.78, 5) is 24.6. The highest BCUT2D eigenvalue weighted by molar-refractivity contribution is 5.95. The Labute approximate surface area is 152 Å². The molecule has 1 saturated heterocycles. The Bertz CT molecular complexity index is 749. The summed E-state index contributed by atoms with van der Waals surface area (Å²) >= 11 is 0. The molecule has 0 bridgehead atoms. The standard InChI is InChI=1S/C18H22N2O4.ClH/c1-12-10-15(13-4-2-7-19-11-13)24-18(22)16(12)17(21)20-8-6-14-5-3-9-23-14;/h3,5,9-10,13,19H,2,4,6-8,11H2,1H3,(H,20,21);1H. The molecule has 1 fully saturated rings. The van der Waals surface area contributed by atoms with E-state index in [4.69, 9.17) is 8.83 Å². The molecule has 1 unspecified atom stereocenters. The van der Waals surface area contributed by atoms with E-state index in [9.17, 15) is 9.59 Å². The van der Waals surface area contributed by atoms with Crippen LogP contribution in [0.25, 0.3) is 0 Å². The van der Waals surface area contributed by atoms with Crippen LogP contribution in [0, 0.1) is 6.92 Å². The highest BCUT2D eigenvalue weighted by atomic mass is 35.5. The second-order valence-corrected chi connectivity index (χ2v) is 6.12. The van der Waals surface area contributed by atoms with Gasteiger partial charge in [-0.25, -0.2) is 4.79 Å². The van der Waals surface area contributed by atoms with Crippen molar-refractivity contribution in [1.82, 2.24) is 10.6 Å². The Morgan fingerprint density at radius 2 is 2.28 bits per heavy atom. The zero-order chi connectivity index (χ0) is 16.9. The van der Waals surface area contributed by atoms with Gasteiger partial charge in [-0.05, 0) is 50.1 Å². The van der Waals surface area contributed by atoms with Crippen LogP contribution in [0.15, 0.2) is 38.1 Å². The first kappa shape index (κ1) is 19.3. The average Bonchev–Trinajstić information content (AvgIpc) is 3.08. The number of rotatable bonds is 5. The van der Waals surface area contributed by atoms with E-state index in [0.29, 0.717) is 24.3 Å². The molecule has 25 heavy (non-hydrogen) atoms. The molecule has 3 rings (SSSR count). The normalized spacial score (nSPS) is 16.9. The van der Waals surface area contributed by atoms with Crippen molar-refractivity contribution < 1.29 is 13.6 Å². The molecular weight excluding hydrogens is 344 g/mol. The zero-order valence-electron chi connectivity index (χ0n) is 14.2. The van der Waals surface area contributed by atoms with Gasteiger partial charge in [0.1, 0.15) is 17.1 Å². The molecule has 3 heterocycles. The summed E-state index contributed by atoms with van der Waals surface area (Å²) in [5.41, 5.74) is 0.176. The first-order chi connectivity index (χ1) is 11.6. The fourth-order valence-electron chi connectivity index (χ4n) is 3.04. The Kier molecular flexibility index (Phi) is 6.84. The number of aryl methyl sites for hydroxylation is 1. The fourth-order valence-corrected chi connectivity index (χ4v) is 3.04. The van der Waals surface area contributed by atoms with Crippen LogP contribution in [-0.4, -0.2) is 25.5 Å². The lowest BCUT2D eigenvalue weighted by Crippen LogP contribution is -2.32. The third-order valence-corrected chi connectivity index (χ3v) is 4.33. The van der Waals surface area contributed by atoms with Crippen LogP contribution >= 0.6 is 12.4 Å². The van der Waals surface area contributed by atoms with Crippen molar-refractivity contribution in [1.29, 1.82) is 0 Å². The molecule has 1 amide bonds. The van der Waals surface area contributed by atoms with Gasteiger partial charge in [-0.3, -0.25) is 4.79 Å². The predicted octanol–water partition coefficient (Wildman–Crippen LogP) is 2.40. The monoisotopic (exact) mass is 366 g/mol. The third kappa shape index (κ3) is 4.74. The quantitative estimate of drug-likeness (QED) is 0.848. The number of carbonyl (C=O) groups is 1. The number of amides is 1. The molecular formula is C18H23ClN2O4. The minimum atomic E-state index is -0.564. The molecule has 0 saturated carbocycles. The lowest BCUT2D eigenvalue weighted by molar-refractivity contribution is 0.0948. The first-order valence-electron chi connectivity index (χ1n) is 8.31. The Morgan fingerprint density at radius 1 is 1.44 bits per heavy atom. The van der Waals surface area contributed by atoms with E-state index >= 15 is 0 Å². The molecule has 0 aliphatic carbocycles. The second kappa shape index (κ2) is 8.87. The van der Waals surface area contributed by atoms with Crippen LogP contribution in [-0.2, 0) is 6.42 Å². The molecule has 2 aromatic heterocycles. The van der Waals surface area contributed by atoms with Gasteiger partial charge in [0.2, 0.25) is 0 Å². The van der Waals surface area contributed by atoms with Gasteiger partial charge in [-0.15, -0.1) is 12.4 Å². The zero-order valence-corrected chi connectivity index (χ0v) is 15.0. The second-order valence-electron chi connectivity index (χ2n) is 6.12. The summed E-state index contributed by atoms with van der Waals surface area (Å²) in [5, 5.41) is 6.05. The maximum Gasteiger partial charge on any atom is 0.349 e. The van der Waals surface area contributed by atoms with Gasteiger partial charge in [-0.1, -0.05) is 0 Å². The summed E-state index contributed by atoms with van der Waals surface area (Å²) in [6, 6.07) is 5.47. The van der Waals surface area contributed by atoms with E-state index in [1.165, 1.54) is 0 Å². The van der Waals surface area contributed by atoms with Crippen molar-refractivity contribution in [3.8, 4) is 0 Å². The molecule has 0 radical (unpaired) electrons. The summed E-state index contributed by atoms with van der Waals surface area (Å²) < 4.78 is 10.6. The summed E-state index contributed by atoms with van der Waals surface area (Å²) in [7, 11) is 0. The largest absolute Gasteiger partial charge is 0.469 e. The van der Waals surface area contributed by atoms with Crippen LogP contribution in [0.1, 0.15) is 46.2 Å². The molecule has 2 aromatic rings. The van der Waals surface area contributed by atoms with Gasteiger partial charge in [0, 0.05) is 25.4 Å². The topological polar surface area (TPSA) is 84.5 Å². The molecule has 1 aliphatic rings. The number of hydrogen-bond donors (Lipinski definition) is 2. The summed E-state index contributed by atoms with van der Waals surface area (Å²) in [6.45, 7) is 3.98. The van der Waals surface area contributed by atoms with E-state index in [1.54, 1.807) is 19.3 Å². The molecule has 7 heteroatoms. The van der Waals surface area contributed by atoms with E-state index in [2.05, 4.69) is 10.6 Å². The smallest absolute Gasteiger partial charge is 0.349 e. The molecule has 6 nitrogen and oxygen atoms in total. The maximum atomic E-state index is 12.3. The Morgan fingerprint density at radius 3 is 2.92 bits per heavy atom. The van der Waals surface area contributed by atoms with Gasteiger partial charge in [-0.2, -0.15) is 0 Å². The number of hydrogen-bond acceptors (Lipinski definition) is 5. The van der Waals surface area contributed by atoms with Crippen LogP contribution in [0.2, 0.25) is 0 Å². The van der Waals surface area contributed by atoms with Gasteiger partial charge in [0.05, 0.1) is 6.26 Å². The molecule has 136 valence electrons. The SMILES string of the molecule is Cc1cc(C2CCCNC2)oc(=O)c1C(=O)NCCc1ccco1.Cl. The van der Waals surface area contributed by atoms with Crippen LogP contribution in [0.5, 0.6) is 0 Å². The minimum absolute atomic E-state index is 0. The minimum Gasteiger partial charge on any atom is -0.469 e. The number of carbonyl (C=O) groups excluding carboxylic acids is 1. The van der Waals surface area contributed by atoms with Crippen molar-refractivity contribution in [3.05, 3.63) is 57.5 Å². The highest BCUT2D eigenvalue weighted by Gasteiger charge is 2.22. The summed E-state index contributed by atoms with van der Waals surface area (Å²) in [6.07, 6.45) is 4.22. The van der Waals surface area contributed by atoms with E-state index in [1.807, 2.05) is 12.1 Å². The van der Waals surface area contributed by atoms with Gasteiger partial charge in [0.25, 0.3) is 5.91 Å². The Hall–Kier alpha value is -2.05. The molecule has 2 N–H and O–H groups in total. The van der Waals surface area contributed by atoms with E-state index < -0.39 is 11.5 Å². The predicted molar refractivity (Wildman–Crippen MR) is 96.6 cm³/mol. The average molecular weight is 367 g/mol. The molecule has 0 spiro atoms. The van der Waals surface area contributed by atoms with E-state index in [0.717, 1.165) is 31.7 Å². The van der Waals surface area contributed by atoms with Crippen molar-refractivity contribution >= 4 is 18.3 Å². The van der Waals surface area contributed by atoms with Crippen LogP contribution < -0.4 is 16.3 Å². The molecule has 1 atom stereocenters. The van der Waals surface area contributed by atoms with E-state index in [-0.39, 0.29) is 23.9 Å². The number of piperidine rings is 1. The third-order valence-electron chi connectivity index (χ3n) is 4.33. The van der Waals surface area contributed by atoms with Crippen LogP contribution in [0.4, 0.5) is 0 Å². The Balaban J connectivity index is 0.00000225. The number of halogens is 1. The van der Waals surface area contributed by atoms with Crippen molar-refractivity contribution in [3.63, 3.8) is 0 Å². The van der Waals surface area contributed by atoms with Crippen molar-refractivity contribution in [2.75, 3.05) is 19.6 Å². The lowest BCUT2D eigenvalue weighted by Gasteiger charge is -2.22. The fraction of sp³-hybridized carbons (Fsp3) is 0.444. The van der Waals surface area contributed by atoms with Gasteiger partial charge < -0.3 is 19.5 Å². The van der Waals surface area contributed by atoms with Crippen LogP contribution in [0.3, 0.4) is 0 Å². The summed E-state index contributed by atoms with van der Waals surface area (Å²) in [5.74, 6) is 1.25. The number of nitrogens with one attached hydrogen (secondary N) is 2. The maximum absolute atomic E-state index is 12.3. The first-order valence-corrected chi connectivity index (χ1v) is 8.31.